The highest BCUT2D eigenvalue weighted by molar-refractivity contribution is 5.86. The molecule has 0 aromatic heterocycles. The molecule has 0 radical (unpaired) electrons. The standard InChI is InChI=1S/C24H36O4/c1-15(25)24(28-16(2)27-5)13-10-21-19-7-6-17-14-18(26)8-11-22(17,3)20(19)9-12-23(21,24)4/h6,16,19-21H,7-14H2,1-5H3/t16?,19-,20+,21+,22+,23+,24+/m1/s1. The zero-order valence-electron chi connectivity index (χ0n) is 18.2. The molecule has 0 heterocycles. The number of carbonyl (C=O) groups is 2. The minimum Gasteiger partial charge on any atom is -0.356 e. The highest BCUT2D eigenvalue weighted by Crippen LogP contribution is 2.68. The first-order valence-electron chi connectivity index (χ1n) is 11.1. The summed E-state index contributed by atoms with van der Waals surface area (Å²) in [5.41, 5.74) is 0.693. The number of methoxy groups -OCH3 is 1. The van der Waals surface area contributed by atoms with Crippen molar-refractivity contribution in [2.24, 2.45) is 28.6 Å². The van der Waals surface area contributed by atoms with Gasteiger partial charge in [-0.25, -0.2) is 0 Å². The molecule has 4 rings (SSSR count). The van der Waals surface area contributed by atoms with Crippen molar-refractivity contribution in [3.8, 4) is 0 Å². The molecule has 0 aromatic carbocycles. The molecule has 4 aliphatic rings. The van der Waals surface area contributed by atoms with Crippen LogP contribution in [0.3, 0.4) is 0 Å². The largest absolute Gasteiger partial charge is 0.356 e. The molecule has 28 heavy (non-hydrogen) atoms. The van der Waals surface area contributed by atoms with Crippen molar-refractivity contribution in [1.29, 1.82) is 0 Å². The SMILES string of the molecule is COC(C)O[C@]1(C(C)=O)CC[C@H]2[C@@H]3CC=C4CC(=O)CC[C@]4(C)[C@H]3CC[C@@]21C. The predicted molar refractivity (Wildman–Crippen MR) is 108 cm³/mol. The molecule has 0 N–H and O–H groups in total. The van der Waals surface area contributed by atoms with E-state index in [9.17, 15) is 9.59 Å². The van der Waals surface area contributed by atoms with Crippen LogP contribution in [0.4, 0.5) is 0 Å². The van der Waals surface area contributed by atoms with Crippen molar-refractivity contribution >= 4 is 11.6 Å². The van der Waals surface area contributed by atoms with Crippen LogP contribution in [0, 0.1) is 28.6 Å². The van der Waals surface area contributed by atoms with Gasteiger partial charge in [-0.2, -0.15) is 0 Å². The molecule has 4 heteroatoms. The molecule has 0 saturated heterocycles. The number of ketones is 2. The lowest BCUT2D eigenvalue weighted by molar-refractivity contribution is -0.231. The fourth-order valence-electron chi connectivity index (χ4n) is 7.66. The third-order valence-electron chi connectivity index (χ3n) is 9.32. The van der Waals surface area contributed by atoms with E-state index in [1.807, 2.05) is 6.92 Å². The van der Waals surface area contributed by atoms with Gasteiger partial charge < -0.3 is 9.47 Å². The second-order valence-electron chi connectivity index (χ2n) is 10.3. The first-order chi connectivity index (χ1) is 13.2. The van der Waals surface area contributed by atoms with E-state index in [-0.39, 0.29) is 22.9 Å². The summed E-state index contributed by atoms with van der Waals surface area (Å²) in [6.45, 7) is 8.30. The molecule has 4 nitrogen and oxygen atoms in total. The van der Waals surface area contributed by atoms with Gasteiger partial charge in [0.1, 0.15) is 11.4 Å². The van der Waals surface area contributed by atoms with E-state index in [0.717, 1.165) is 44.9 Å². The Balaban J connectivity index is 1.68. The molecule has 156 valence electrons. The van der Waals surface area contributed by atoms with Gasteiger partial charge in [-0.05, 0) is 75.5 Å². The lowest BCUT2D eigenvalue weighted by Crippen LogP contribution is -2.58. The lowest BCUT2D eigenvalue weighted by atomic mass is 9.47. The zero-order chi connectivity index (χ0) is 20.3. The van der Waals surface area contributed by atoms with Crippen molar-refractivity contribution in [1.82, 2.24) is 0 Å². The molecule has 3 fully saturated rings. The smallest absolute Gasteiger partial charge is 0.162 e. The summed E-state index contributed by atoms with van der Waals surface area (Å²) in [4.78, 5) is 25.0. The first-order valence-corrected chi connectivity index (χ1v) is 11.1. The van der Waals surface area contributed by atoms with Gasteiger partial charge in [0.2, 0.25) is 0 Å². The molecule has 0 spiro atoms. The fraction of sp³-hybridized carbons (Fsp3) is 0.833. The second kappa shape index (κ2) is 6.77. The quantitative estimate of drug-likeness (QED) is 0.510. The number of ether oxygens (including phenoxy) is 2. The normalized spacial score (nSPS) is 46.2. The van der Waals surface area contributed by atoms with Crippen molar-refractivity contribution in [3.05, 3.63) is 11.6 Å². The van der Waals surface area contributed by atoms with Gasteiger partial charge in [0.25, 0.3) is 0 Å². The third kappa shape index (κ3) is 2.63. The van der Waals surface area contributed by atoms with Crippen LogP contribution in [-0.2, 0) is 19.1 Å². The van der Waals surface area contributed by atoms with Crippen LogP contribution >= 0.6 is 0 Å². The van der Waals surface area contributed by atoms with Gasteiger partial charge in [-0.1, -0.05) is 25.5 Å². The summed E-state index contributed by atoms with van der Waals surface area (Å²) in [5, 5.41) is 0. The van der Waals surface area contributed by atoms with E-state index in [4.69, 9.17) is 9.47 Å². The number of Topliss-reactive ketones (excluding diaryl/α,β-unsaturated/α-hetero) is 2. The summed E-state index contributed by atoms with van der Waals surface area (Å²) in [7, 11) is 1.64. The topological polar surface area (TPSA) is 52.6 Å². The van der Waals surface area contributed by atoms with Crippen molar-refractivity contribution in [3.63, 3.8) is 0 Å². The van der Waals surface area contributed by atoms with Crippen LogP contribution in [0.2, 0.25) is 0 Å². The van der Waals surface area contributed by atoms with E-state index in [0.29, 0.717) is 30.0 Å². The highest BCUT2D eigenvalue weighted by atomic mass is 16.7. The number of hydrogen-bond acceptors (Lipinski definition) is 4. The monoisotopic (exact) mass is 388 g/mol. The molecule has 3 saturated carbocycles. The Kier molecular flexibility index (Phi) is 4.90. The van der Waals surface area contributed by atoms with Gasteiger partial charge in [0.05, 0.1) is 0 Å². The van der Waals surface area contributed by atoms with E-state index in [2.05, 4.69) is 19.9 Å². The first kappa shape index (κ1) is 20.3. The van der Waals surface area contributed by atoms with Crippen LogP contribution in [0.1, 0.15) is 79.1 Å². The van der Waals surface area contributed by atoms with Gasteiger partial charge in [0, 0.05) is 25.4 Å². The Morgan fingerprint density at radius 2 is 1.89 bits per heavy atom. The summed E-state index contributed by atoms with van der Waals surface area (Å²) >= 11 is 0. The molecular weight excluding hydrogens is 352 g/mol. The van der Waals surface area contributed by atoms with Crippen molar-refractivity contribution in [2.45, 2.75) is 91.0 Å². The Morgan fingerprint density at radius 3 is 2.57 bits per heavy atom. The Bertz CT molecular complexity index is 711. The summed E-state index contributed by atoms with van der Waals surface area (Å²) in [5.74, 6) is 2.26. The molecule has 0 bridgehead atoms. The van der Waals surface area contributed by atoms with E-state index in [1.165, 1.54) is 5.57 Å². The average molecular weight is 389 g/mol. The maximum absolute atomic E-state index is 12.9. The van der Waals surface area contributed by atoms with Crippen LogP contribution in [0.5, 0.6) is 0 Å². The lowest BCUT2D eigenvalue weighted by Gasteiger charge is -2.58. The second-order valence-corrected chi connectivity index (χ2v) is 10.3. The molecule has 0 aromatic rings. The Labute approximate surface area is 169 Å². The minimum absolute atomic E-state index is 0.140. The minimum atomic E-state index is -0.731. The summed E-state index contributed by atoms with van der Waals surface area (Å²) < 4.78 is 11.8. The molecule has 0 aliphatic heterocycles. The van der Waals surface area contributed by atoms with Crippen molar-refractivity contribution in [2.75, 3.05) is 7.11 Å². The summed E-state index contributed by atoms with van der Waals surface area (Å²) in [6, 6.07) is 0. The van der Waals surface area contributed by atoms with Gasteiger partial charge >= 0.3 is 0 Å². The van der Waals surface area contributed by atoms with E-state index >= 15 is 0 Å². The average Bonchev–Trinajstić information content (AvgIpc) is 2.95. The van der Waals surface area contributed by atoms with Crippen LogP contribution in [-0.4, -0.2) is 30.6 Å². The summed E-state index contributed by atoms with van der Waals surface area (Å²) in [6.07, 6.45) is 9.43. The van der Waals surface area contributed by atoms with Gasteiger partial charge in [-0.3, -0.25) is 9.59 Å². The predicted octanol–water partition coefficient (Wildman–Crippen LogP) is 4.86. The number of allylic oxidation sites excluding steroid dienone is 2. The molecule has 4 aliphatic carbocycles. The Hall–Kier alpha value is -1.00. The maximum Gasteiger partial charge on any atom is 0.162 e. The fourth-order valence-corrected chi connectivity index (χ4v) is 7.66. The molecule has 7 atom stereocenters. The van der Waals surface area contributed by atoms with Crippen molar-refractivity contribution < 1.29 is 19.1 Å². The number of rotatable bonds is 4. The van der Waals surface area contributed by atoms with Crippen LogP contribution in [0.25, 0.3) is 0 Å². The molecule has 1 unspecified atom stereocenters. The third-order valence-corrected chi connectivity index (χ3v) is 9.32. The number of hydrogen-bond donors (Lipinski definition) is 0. The number of carbonyl (C=O) groups excluding carboxylic acids is 2. The molecular formula is C24H36O4. The van der Waals surface area contributed by atoms with Gasteiger partial charge in [-0.15, -0.1) is 0 Å². The number of fused-ring (bicyclic) bond motifs is 5. The van der Waals surface area contributed by atoms with Crippen LogP contribution < -0.4 is 0 Å². The highest BCUT2D eigenvalue weighted by Gasteiger charge is 2.66. The zero-order valence-corrected chi connectivity index (χ0v) is 18.2. The van der Waals surface area contributed by atoms with E-state index < -0.39 is 5.60 Å². The molecule has 0 amide bonds. The van der Waals surface area contributed by atoms with Crippen LogP contribution in [0.15, 0.2) is 11.6 Å². The Morgan fingerprint density at radius 1 is 1.18 bits per heavy atom. The van der Waals surface area contributed by atoms with Gasteiger partial charge in [0.15, 0.2) is 12.1 Å². The maximum atomic E-state index is 12.9. The van der Waals surface area contributed by atoms with E-state index in [1.54, 1.807) is 14.0 Å².